The third-order valence-electron chi connectivity index (χ3n) is 17.6. The molecule has 1 aliphatic heterocycles. The van der Waals surface area contributed by atoms with E-state index in [1.165, 1.54) is 106 Å². The van der Waals surface area contributed by atoms with Gasteiger partial charge < -0.3 is 14.8 Å². The maximum absolute atomic E-state index is 4.26. The van der Waals surface area contributed by atoms with Crippen LogP contribution in [0.3, 0.4) is 0 Å². The summed E-state index contributed by atoms with van der Waals surface area (Å²) < 4.78 is 2.62. The van der Waals surface area contributed by atoms with E-state index in [4.69, 9.17) is 0 Å². The smallest absolute Gasteiger partial charge is 0.198 e. The van der Waals surface area contributed by atoms with E-state index in [-0.39, 0.29) is 32.5 Å². The van der Waals surface area contributed by atoms with Gasteiger partial charge >= 0.3 is 0 Å². The Morgan fingerprint density at radius 1 is 0.468 bits per heavy atom. The summed E-state index contributed by atoms with van der Waals surface area (Å²) in [5.74, 6) is 0. The molecule has 4 heteroatoms. The lowest BCUT2D eigenvalue weighted by Crippen LogP contribution is -2.38. The van der Waals surface area contributed by atoms with Crippen LogP contribution in [0.5, 0.6) is 0 Å². The van der Waals surface area contributed by atoms with Gasteiger partial charge in [0, 0.05) is 56.0 Å². The molecule has 1 aromatic heterocycles. The molecule has 0 unspecified atom stereocenters. The average Bonchev–Trinajstić information content (AvgIpc) is 3.91. The topological polar surface area (TPSA) is 20.2 Å². The van der Waals surface area contributed by atoms with Gasteiger partial charge in [0.2, 0.25) is 0 Å². The van der Waals surface area contributed by atoms with Gasteiger partial charge in [-0.1, -0.05) is 195 Å². The van der Waals surface area contributed by atoms with Crippen LogP contribution in [0.2, 0.25) is 0 Å². The molecule has 1 aliphatic carbocycles. The molecule has 1 N–H and O–H groups in total. The number of hydrogen-bond donors (Lipinski definition) is 1. The van der Waals surface area contributed by atoms with E-state index >= 15 is 0 Å². The number of benzene rings is 8. The van der Waals surface area contributed by atoms with Crippen LogP contribution in [0.4, 0.5) is 28.4 Å². The molecule has 9 aromatic rings. The van der Waals surface area contributed by atoms with E-state index in [0.717, 1.165) is 42.1 Å². The summed E-state index contributed by atoms with van der Waals surface area (Å²) in [6.45, 7) is 39.9. The van der Waals surface area contributed by atoms with Crippen LogP contribution in [0.25, 0.3) is 49.7 Å². The minimum atomic E-state index is -0.0313. The fraction of sp³-hybridized carbons (Fsp3) is 0.342. The number of anilines is 5. The van der Waals surface area contributed by atoms with Gasteiger partial charge in [0.1, 0.15) is 0 Å². The predicted octanol–water partition coefficient (Wildman–Crippen LogP) is 18.9. The van der Waals surface area contributed by atoms with Gasteiger partial charge in [-0.05, 0) is 186 Å². The maximum atomic E-state index is 4.26. The van der Waals surface area contributed by atoms with Crippen molar-refractivity contribution in [1.82, 2.24) is 4.57 Å². The summed E-state index contributed by atoms with van der Waals surface area (Å²) in [6, 6.07) is 59.0. The molecule has 0 atom stereocenters. The first-order valence-electron chi connectivity index (χ1n) is 28.5. The molecule has 2 aliphatic rings. The Bertz CT molecular complexity index is 3710. The first kappa shape index (κ1) is 52.3. The molecule has 0 saturated heterocycles. The molecule has 0 saturated carbocycles. The Kier molecular flexibility index (Phi) is 12.3. The minimum absolute atomic E-state index is 0.0120. The third kappa shape index (κ3) is 9.42. The van der Waals surface area contributed by atoms with Crippen LogP contribution in [-0.4, -0.2) is 11.8 Å². The number of nitrogens with one attached hydrogen (secondary N) is 1. The van der Waals surface area contributed by atoms with Crippen molar-refractivity contribution in [2.24, 2.45) is 0 Å². The summed E-state index contributed by atoms with van der Waals surface area (Å²) in [5.41, 5.74) is 26.8. The Hall–Kier alpha value is -6.78. The summed E-state index contributed by atoms with van der Waals surface area (Å²) in [7, 11) is 0.817. The Morgan fingerprint density at radius 2 is 1.00 bits per heavy atom. The van der Waals surface area contributed by atoms with E-state index in [1.54, 1.807) is 0 Å². The molecule has 2 heterocycles. The molecular weight excluding hydrogens is 930 g/mol. The van der Waals surface area contributed by atoms with E-state index in [9.17, 15) is 0 Å². The Labute approximate surface area is 462 Å². The van der Waals surface area contributed by atoms with Crippen molar-refractivity contribution in [3.05, 3.63) is 191 Å². The highest BCUT2D eigenvalue weighted by Gasteiger charge is 2.38. The lowest BCUT2D eigenvalue weighted by molar-refractivity contribution is 0.332. The fourth-order valence-electron chi connectivity index (χ4n) is 12.5. The number of aromatic nitrogens is 1. The van der Waals surface area contributed by atoms with E-state index < -0.39 is 0 Å². The summed E-state index contributed by atoms with van der Waals surface area (Å²) >= 11 is 0. The normalized spacial score (nSPS) is 15.0. The monoisotopic (exact) mass is 1010 g/mol. The van der Waals surface area contributed by atoms with Crippen molar-refractivity contribution in [3.8, 4) is 27.9 Å². The van der Waals surface area contributed by atoms with Gasteiger partial charge in [0.25, 0.3) is 0 Å². The standard InChI is InChI=1S/C73H82BN3/c1-45-37-59-60(73(16,17)36-35-72(59,14)15)44-62(45)75-63-43-54(76(52-28-23-48(24-29-52)68(2,3)4)53-30-25-49(26-31-53)69(5,6)7)32-33-55(63)57-38-47(46-21-19-18-20-22-46)39-65-66(57)74-61-42-51(71(11,12)13)41-58-56-40-50(70(8,9)10)27-34-64(56)77(65)67(58)61/h18-34,37-44,74-75H,35-36H2,1-17H3. The Balaban J connectivity index is 1.20. The zero-order valence-electron chi connectivity index (χ0n) is 49.4. The number of fused-ring (bicyclic) bond motifs is 6. The van der Waals surface area contributed by atoms with E-state index in [0.29, 0.717) is 0 Å². The van der Waals surface area contributed by atoms with Crippen LogP contribution in [0.15, 0.2) is 152 Å². The number of aryl methyl sites for hydroxylation is 1. The minimum Gasteiger partial charge on any atom is -0.355 e. The fourth-order valence-corrected chi connectivity index (χ4v) is 12.5. The zero-order chi connectivity index (χ0) is 54.9. The predicted molar refractivity (Wildman–Crippen MR) is 337 cm³/mol. The van der Waals surface area contributed by atoms with Crippen LogP contribution < -0.4 is 21.1 Å². The van der Waals surface area contributed by atoms with Gasteiger partial charge in [-0.25, -0.2) is 0 Å². The van der Waals surface area contributed by atoms with E-state index in [2.05, 4.69) is 284 Å². The second-order valence-corrected chi connectivity index (χ2v) is 28.4. The van der Waals surface area contributed by atoms with Gasteiger partial charge in [-0.15, -0.1) is 0 Å². The first-order valence-corrected chi connectivity index (χ1v) is 28.5. The lowest BCUT2D eigenvalue weighted by Gasteiger charge is -2.42. The second-order valence-electron chi connectivity index (χ2n) is 28.4. The van der Waals surface area contributed by atoms with Crippen LogP contribution in [0.1, 0.15) is 163 Å². The molecule has 0 radical (unpaired) electrons. The first-order chi connectivity index (χ1) is 36.1. The molecule has 0 fully saturated rings. The highest BCUT2D eigenvalue weighted by molar-refractivity contribution is 6.73. The third-order valence-corrected chi connectivity index (χ3v) is 17.6. The molecule has 0 spiro atoms. The molecule has 8 aromatic carbocycles. The van der Waals surface area contributed by atoms with Gasteiger partial charge in [-0.2, -0.15) is 0 Å². The zero-order valence-corrected chi connectivity index (χ0v) is 49.4. The number of nitrogens with zero attached hydrogens (tertiary/aromatic N) is 2. The van der Waals surface area contributed by atoms with Gasteiger partial charge in [-0.3, -0.25) is 0 Å². The van der Waals surface area contributed by atoms with Gasteiger partial charge in [0.15, 0.2) is 7.28 Å². The van der Waals surface area contributed by atoms with Crippen molar-refractivity contribution in [2.75, 3.05) is 10.2 Å². The molecule has 0 amide bonds. The number of hydrogen-bond acceptors (Lipinski definition) is 2. The highest BCUT2D eigenvalue weighted by atomic mass is 15.1. The number of rotatable bonds is 7. The molecule has 77 heavy (non-hydrogen) atoms. The molecular formula is C73H82BN3. The van der Waals surface area contributed by atoms with Crippen molar-refractivity contribution < 1.29 is 0 Å². The molecule has 392 valence electrons. The van der Waals surface area contributed by atoms with Crippen molar-refractivity contribution in [2.45, 2.75) is 163 Å². The highest BCUT2D eigenvalue weighted by Crippen LogP contribution is 2.49. The quantitative estimate of drug-likeness (QED) is 0.161. The Morgan fingerprint density at radius 3 is 1.57 bits per heavy atom. The van der Waals surface area contributed by atoms with Crippen LogP contribution >= 0.6 is 0 Å². The molecule has 11 rings (SSSR count). The van der Waals surface area contributed by atoms with Crippen molar-refractivity contribution in [1.29, 1.82) is 0 Å². The summed E-state index contributed by atoms with van der Waals surface area (Å²) in [6.07, 6.45) is 2.33. The van der Waals surface area contributed by atoms with Crippen molar-refractivity contribution >= 4 is 68.4 Å². The second kappa shape index (κ2) is 18.2. The summed E-state index contributed by atoms with van der Waals surface area (Å²) in [4.78, 5) is 2.45. The summed E-state index contributed by atoms with van der Waals surface area (Å²) in [5, 5.41) is 6.93. The van der Waals surface area contributed by atoms with E-state index in [1.807, 2.05) is 0 Å². The van der Waals surface area contributed by atoms with Crippen LogP contribution in [0, 0.1) is 6.92 Å². The SMILES string of the molecule is Cc1cc2c(cc1Nc1cc(N(c3ccc(C(C)(C)C)cc3)c3ccc(C(C)(C)C)cc3)ccc1-c1cc(-c3ccccc3)cc3c1Bc1cc(C(C)(C)C)cc4c5cc(C(C)(C)C)ccc5n-3c14)C(C)(C)CCC2(C)C. The van der Waals surface area contributed by atoms with Crippen LogP contribution in [-0.2, 0) is 32.5 Å². The largest absolute Gasteiger partial charge is 0.355 e. The molecule has 0 bridgehead atoms. The maximum Gasteiger partial charge on any atom is 0.198 e. The molecule has 3 nitrogen and oxygen atoms in total. The van der Waals surface area contributed by atoms with Gasteiger partial charge in [0.05, 0.1) is 5.52 Å². The lowest BCUT2D eigenvalue weighted by atomic mass is 9.58. The average molecular weight is 1010 g/mol. The van der Waals surface area contributed by atoms with Crippen molar-refractivity contribution in [3.63, 3.8) is 0 Å².